The topological polar surface area (TPSA) is 52.6 Å². The van der Waals surface area contributed by atoms with Crippen LogP contribution in [-0.2, 0) is 10.1 Å². The van der Waals surface area contributed by atoms with Crippen LogP contribution in [0.4, 0.5) is 0 Å². The van der Waals surface area contributed by atoms with Crippen LogP contribution in [0.2, 0.25) is 0 Å². The van der Waals surface area contributed by atoms with Gasteiger partial charge in [-0.15, -0.1) is 11.3 Å². The first-order valence-corrected chi connectivity index (χ1v) is 7.39. The van der Waals surface area contributed by atoms with Crippen molar-refractivity contribution < 1.29 is 17.3 Å². The van der Waals surface area contributed by atoms with Gasteiger partial charge in [0, 0.05) is 10.9 Å². The van der Waals surface area contributed by atoms with E-state index in [-0.39, 0.29) is 9.96 Å². The minimum atomic E-state index is -3.75. The lowest BCUT2D eigenvalue weighted by Gasteiger charge is -2.06. The molecule has 0 radical (unpaired) electrons. The molecule has 0 saturated carbocycles. The highest BCUT2D eigenvalue weighted by Crippen LogP contribution is 2.26. The van der Waals surface area contributed by atoms with Gasteiger partial charge in [0.2, 0.25) is 0 Å². The molecule has 18 heavy (non-hydrogen) atoms. The summed E-state index contributed by atoms with van der Waals surface area (Å²) >= 11 is 1.18. The van der Waals surface area contributed by atoms with Crippen LogP contribution >= 0.6 is 11.3 Å². The summed E-state index contributed by atoms with van der Waals surface area (Å²) < 4.78 is 34.2. The third kappa shape index (κ3) is 2.83. The quantitative estimate of drug-likeness (QED) is 0.810. The minimum absolute atomic E-state index is 0.197. The highest BCUT2D eigenvalue weighted by Gasteiger charge is 2.18. The summed E-state index contributed by atoms with van der Waals surface area (Å²) in [7, 11) is -2.24. The Morgan fingerprint density at radius 3 is 2.44 bits per heavy atom. The molecule has 96 valence electrons. The molecule has 0 atom stereocenters. The maximum absolute atomic E-state index is 12.0. The van der Waals surface area contributed by atoms with E-state index < -0.39 is 10.1 Å². The number of hydrogen-bond donors (Lipinski definition) is 0. The van der Waals surface area contributed by atoms with Gasteiger partial charge in [0.25, 0.3) is 0 Å². The Balaban J connectivity index is 2.27. The van der Waals surface area contributed by atoms with Crippen LogP contribution in [0.3, 0.4) is 0 Å². The Morgan fingerprint density at radius 2 is 1.83 bits per heavy atom. The van der Waals surface area contributed by atoms with E-state index in [0.717, 1.165) is 4.88 Å². The van der Waals surface area contributed by atoms with E-state index in [9.17, 15) is 8.42 Å². The molecule has 1 heterocycles. The van der Waals surface area contributed by atoms with Gasteiger partial charge in [0.1, 0.15) is 11.5 Å². The van der Waals surface area contributed by atoms with Crippen LogP contribution in [0.25, 0.3) is 0 Å². The zero-order chi connectivity index (χ0) is 13.2. The number of rotatable bonds is 4. The molecule has 0 fully saturated rings. The van der Waals surface area contributed by atoms with E-state index >= 15 is 0 Å². The third-order valence-electron chi connectivity index (χ3n) is 2.21. The van der Waals surface area contributed by atoms with E-state index in [1.807, 2.05) is 6.92 Å². The molecule has 0 N–H and O–H groups in total. The molecule has 2 aromatic rings. The minimum Gasteiger partial charge on any atom is -0.497 e. The molecule has 0 aliphatic rings. The molecule has 1 aromatic carbocycles. The molecular weight excluding hydrogens is 272 g/mol. The first-order valence-electron chi connectivity index (χ1n) is 5.16. The maximum atomic E-state index is 12.0. The van der Waals surface area contributed by atoms with Gasteiger partial charge in [0.05, 0.1) is 7.11 Å². The van der Waals surface area contributed by atoms with Gasteiger partial charge in [-0.1, -0.05) is 6.07 Å². The number of methoxy groups -OCH3 is 1. The maximum Gasteiger partial charge on any atom is 0.348 e. The van der Waals surface area contributed by atoms with Crippen molar-refractivity contribution >= 4 is 21.5 Å². The summed E-state index contributed by atoms with van der Waals surface area (Å²) in [6, 6.07) is 9.76. The van der Waals surface area contributed by atoms with E-state index in [1.54, 1.807) is 24.3 Å². The molecule has 0 saturated heterocycles. The fourth-order valence-corrected chi connectivity index (χ4v) is 3.54. The fourth-order valence-electron chi connectivity index (χ4n) is 1.37. The molecule has 0 amide bonds. The van der Waals surface area contributed by atoms with Crippen LogP contribution in [0.1, 0.15) is 4.88 Å². The second-order valence-corrected chi connectivity index (χ2v) is 6.64. The second-order valence-electron chi connectivity index (χ2n) is 3.58. The van der Waals surface area contributed by atoms with Crippen LogP contribution in [0.5, 0.6) is 11.5 Å². The largest absolute Gasteiger partial charge is 0.497 e. The zero-order valence-corrected chi connectivity index (χ0v) is 11.5. The van der Waals surface area contributed by atoms with Crippen LogP contribution in [-0.4, -0.2) is 15.5 Å². The predicted octanol–water partition coefficient (Wildman–Crippen LogP) is 2.83. The molecule has 0 unspecified atom stereocenters. The Labute approximate surface area is 110 Å². The molecule has 6 heteroatoms. The molecule has 0 spiro atoms. The zero-order valence-electron chi connectivity index (χ0n) is 9.91. The fraction of sp³-hybridized carbons (Fsp3) is 0.167. The first kappa shape index (κ1) is 12.9. The van der Waals surface area contributed by atoms with Gasteiger partial charge in [0.15, 0.2) is 4.21 Å². The SMILES string of the molecule is COc1cccc(OS(=O)(=O)c2ccc(C)s2)c1. The summed E-state index contributed by atoms with van der Waals surface area (Å²) in [6.45, 7) is 1.84. The third-order valence-corrected chi connectivity index (χ3v) is 4.91. The number of hydrogen-bond acceptors (Lipinski definition) is 5. The Bertz CT molecular complexity index is 644. The normalized spacial score (nSPS) is 11.2. The van der Waals surface area contributed by atoms with Gasteiger partial charge in [-0.25, -0.2) is 0 Å². The summed E-state index contributed by atoms with van der Waals surface area (Å²) in [5, 5.41) is 0. The van der Waals surface area contributed by atoms with Gasteiger partial charge < -0.3 is 8.92 Å². The Kier molecular flexibility index (Phi) is 3.58. The molecule has 0 bridgehead atoms. The van der Waals surface area contributed by atoms with Gasteiger partial charge >= 0.3 is 10.1 Å². The number of ether oxygens (including phenoxy) is 1. The van der Waals surface area contributed by atoms with Crippen molar-refractivity contribution in [3.8, 4) is 11.5 Å². The Hall–Kier alpha value is -1.53. The lowest BCUT2D eigenvalue weighted by Crippen LogP contribution is -2.07. The number of aryl methyl sites for hydroxylation is 1. The molecule has 4 nitrogen and oxygen atoms in total. The number of thiophene rings is 1. The molecular formula is C12H12O4S2. The molecule has 0 aliphatic heterocycles. The van der Waals surface area contributed by atoms with E-state index in [2.05, 4.69) is 0 Å². The first-order chi connectivity index (χ1) is 8.51. The van der Waals surface area contributed by atoms with Crippen molar-refractivity contribution in [2.45, 2.75) is 11.1 Å². The van der Waals surface area contributed by atoms with E-state index in [4.69, 9.17) is 8.92 Å². The predicted molar refractivity (Wildman–Crippen MR) is 69.9 cm³/mol. The van der Waals surface area contributed by atoms with Gasteiger partial charge in [-0.3, -0.25) is 0 Å². The van der Waals surface area contributed by atoms with E-state index in [0.29, 0.717) is 5.75 Å². The second kappa shape index (κ2) is 4.99. The van der Waals surface area contributed by atoms with Crippen molar-refractivity contribution in [2.75, 3.05) is 7.11 Å². The molecule has 0 aliphatic carbocycles. The summed E-state index contributed by atoms with van der Waals surface area (Å²) in [4.78, 5) is 0.919. The lowest BCUT2D eigenvalue weighted by atomic mass is 10.3. The van der Waals surface area contributed by atoms with Crippen molar-refractivity contribution in [2.24, 2.45) is 0 Å². The standard InChI is InChI=1S/C12H12O4S2/c1-9-6-7-12(17-9)18(13,14)16-11-5-3-4-10(8-11)15-2/h3-8H,1-2H3. The van der Waals surface area contributed by atoms with Crippen molar-refractivity contribution in [1.29, 1.82) is 0 Å². The van der Waals surface area contributed by atoms with Crippen LogP contribution in [0.15, 0.2) is 40.6 Å². The highest BCUT2D eigenvalue weighted by atomic mass is 32.3. The average molecular weight is 284 g/mol. The number of benzene rings is 1. The van der Waals surface area contributed by atoms with Crippen molar-refractivity contribution in [3.63, 3.8) is 0 Å². The summed E-state index contributed by atoms with van der Waals surface area (Å²) in [5.41, 5.74) is 0. The average Bonchev–Trinajstić information content (AvgIpc) is 2.76. The lowest BCUT2D eigenvalue weighted by molar-refractivity contribution is 0.411. The van der Waals surface area contributed by atoms with E-state index in [1.165, 1.54) is 30.6 Å². The van der Waals surface area contributed by atoms with Crippen LogP contribution in [0, 0.1) is 6.92 Å². The molecule has 2 rings (SSSR count). The van der Waals surface area contributed by atoms with Crippen molar-refractivity contribution in [1.82, 2.24) is 0 Å². The Morgan fingerprint density at radius 1 is 1.11 bits per heavy atom. The van der Waals surface area contributed by atoms with Crippen molar-refractivity contribution in [3.05, 3.63) is 41.3 Å². The highest BCUT2D eigenvalue weighted by molar-refractivity contribution is 7.89. The van der Waals surface area contributed by atoms with Gasteiger partial charge in [-0.05, 0) is 31.2 Å². The molecule has 1 aromatic heterocycles. The van der Waals surface area contributed by atoms with Crippen LogP contribution < -0.4 is 8.92 Å². The monoisotopic (exact) mass is 284 g/mol. The van der Waals surface area contributed by atoms with Gasteiger partial charge in [-0.2, -0.15) is 8.42 Å². The summed E-state index contributed by atoms with van der Waals surface area (Å²) in [5.74, 6) is 0.783. The smallest absolute Gasteiger partial charge is 0.348 e. The summed E-state index contributed by atoms with van der Waals surface area (Å²) in [6.07, 6.45) is 0.